The second-order valence-corrected chi connectivity index (χ2v) is 8.27. The molecule has 0 unspecified atom stereocenters. The van der Waals surface area contributed by atoms with Gasteiger partial charge in [-0.25, -0.2) is 0 Å². The number of ether oxygens (including phenoxy) is 1. The summed E-state index contributed by atoms with van der Waals surface area (Å²) in [6.07, 6.45) is 0.751. The highest BCUT2D eigenvalue weighted by Crippen LogP contribution is 2.36. The van der Waals surface area contributed by atoms with E-state index in [1.165, 1.54) is 0 Å². The van der Waals surface area contributed by atoms with Crippen LogP contribution in [-0.2, 0) is 27.8 Å². The van der Waals surface area contributed by atoms with Gasteiger partial charge in [-0.1, -0.05) is 30.3 Å². The van der Waals surface area contributed by atoms with Crippen LogP contribution in [0, 0.1) is 22.7 Å². The lowest BCUT2D eigenvalue weighted by molar-refractivity contribution is -0.150. The average Bonchev–Trinajstić information content (AvgIpc) is 3.33. The molecule has 0 saturated carbocycles. The molecule has 0 N–H and O–H groups in total. The van der Waals surface area contributed by atoms with Gasteiger partial charge in [-0.2, -0.15) is 19.3 Å². The van der Waals surface area contributed by atoms with Crippen LogP contribution in [0.4, 0.5) is 0 Å². The maximum atomic E-state index is 13.6. The summed E-state index contributed by atoms with van der Waals surface area (Å²) in [5, 5.41) is 18.3. The quantitative estimate of drug-likeness (QED) is 0.376. The molecule has 3 aromatic carbocycles. The molecule has 0 aliphatic carbocycles. The second kappa shape index (κ2) is 9.60. The molecule has 6 nitrogen and oxygen atoms in total. The zero-order valence-corrected chi connectivity index (χ0v) is 18.8. The number of carbonyl (C=O) groups excluding carboxylic acids is 1. The molecule has 0 saturated heterocycles. The molecular weight excluding hydrogens is 432 g/mol. The highest BCUT2D eigenvalue weighted by Gasteiger charge is 2.42. The molecule has 7 heteroatoms. The van der Waals surface area contributed by atoms with Crippen molar-refractivity contribution in [1.82, 2.24) is 8.75 Å². The number of fused-ring (bicyclic) bond motifs is 1. The third-order valence-electron chi connectivity index (χ3n) is 5.65. The molecule has 0 atom stereocenters. The molecule has 1 aromatic heterocycles. The number of carbonyl (C=O) groups is 1. The summed E-state index contributed by atoms with van der Waals surface area (Å²) < 4.78 is 14.3. The maximum Gasteiger partial charge on any atom is 0.317 e. The minimum absolute atomic E-state index is 0.252. The zero-order valence-electron chi connectivity index (χ0n) is 18.0. The van der Waals surface area contributed by atoms with Gasteiger partial charge in [-0.15, -0.1) is 0 Å². The lowest BCUT2D eigenvalue weighted by Crippen LogP contribution is -2.42. The molecule has 162 valence electrons. The minimum Gasteiger partial charge on any atom is -0.465 e. The lowest BCUT2D eigenvalue weighted by atomic mass is 9.71. The van der Waals surface area contributed by atoms with E-state index in [1.807, 2.05) is 42.5 Å². The average molecular weight is 453 g/mol. The van der Waals surface area contributed by atoms with Crippen molar-refractivity contribution in [2.24, 2.45) is 0 Å². The zero-order chi connectivity index (χ0) is 23.3. The molecule has 0 amide bonds. The van der Waals surface area contributed by atoms with Crippen LogP contribution >= 0.6 is 11.7 Å². The number of rotatable bonds is 7. The third-order valence-corrected chi connectivity index (χ3v) is 6.21. The predicted molar refractivity (Wildman–Crippen MR) is 125 cm³/mol. The van der Waals surface area contributed by atoms with Crippen molar-refractivity contribution in [2.45, 2.75) is 25.2 Å². The monoisotopic (exact) mass is 452 g/mol. The summed E-state index contributed by atoms with van der Waals surface area (Å²) in [6, 6.07) is 24.4. The van der Waals surface area contributed by atoms with Gasteiger partial charge < -0.3 is 4.74 Å². The van der Waals surface area contributed by atoms with Gasteiger partial charge in [-0.3, -0.25) is 4.79 Å². The first-order valence-electron chi connectivity index (χ1n) is 10.5. The molecule has 33 heavy (non-hydrogen) atoms. The Morgan fingerprint density at radius 1 is 0.879 bits per heavy atom. The van der Waals surface area contributed by atoms with Crippen molar-refractivity contribution in [1.29, 1.82) is 10.5 Å². The van der Waals surface area contributed by atoms with Crippen molar-refractivity contribution >= 4 is 28.7 Å². The fourth-order valence-electron chi connectivity index (χ4n) is 3.97. The van der Waals surface area contributed by atoms with Crippen LogP contribution in [0.25, 0.3) is 11.0 Å². The van der Waals surface area contributed by atoms with Gasteiger partial charge in [0.1, 0.15) is 16.4 Å². The van der Waals surface area contributed by atoms with Gasteiger partial charge in [0.05, 0.1) is 41.6 Å². The van der Waals surface area contributed by atoms with E-state index < -0.39 is 5.41 Å². The van der Waals surface area contributed by atoms with E-state index in [4.69, 9.17) is 15.3 Å². The van der Waals surface area contributed by atoms with Gasteiger partial charge >= 0.3 is 5.97 Å². The van der Waals surface area contributed by atoms with E-state index in [1.54, 1.807) is 31.2 Å². The van der Waals surface area contributed by atoms with Crippen LogP contribution in [-0.4, -0.2) is 21.3 Å². The first-order chi connectivity index (χ1) is 16.1. The number of nitriles is 2. The molecule has 4 rings (SSSR count). The van der Waals surface area contributed by atoms with Gasteiger partial charge in [0.25, 0.3) is 0 Å². The standard InChI is InChI=1S/C26H20N4O2S/c1-2-32-25(31)26(14-18-3-7-20(16-27)8-4-18,15-19-5-9-21(17-28)10-6-19)22-11-12-23-24(13-22)30-33-29-23/h3-13H,2,14-15H2,1H3. The summed E-state index contributed by atoms with van der Waals surface area (Å²) in [5.41, 5.74) is 4.19. The van der Waals surface area contributed by atoms with Crippen molar-refractivity contribution in [3.05, 3.63) is 94.5 Å². The van der Waals surface area contributed by atoms with E-state index in [-0.39, 0.29) is 12.6 Å². The van der Waals surface area contributed by atoms with E-state index in [9.17, 15) is 4.79 Å². The Morgan fingerprint density at radius 2 is 1.42 bits per heavy atom. The molecule has 1 heterocycles. The Hall–Kier alpha value is -4.07. The summed E-state index contributed by atoms with van der Waals surface area (Å²) in [4.78, 5) is 13.6. The molecular formula is C26H20N4O2S. The predicted octanol–water partition coefficient (Wildman–Crippen LogP) is 4.72. The number of hydrogen-bond acceptors (Lipinski definition) is 7. The summed E-state index contributed by atoms with van der Waals surface area (Å²) in [6.45, 7) is 2.04. The summed E-state index contributed by atoms with van der Waals surface area (Å²) in [7, 11) is 0. The Balaban J connectivity index is 1.87. The van der Waals surface area contributed by atoms with Crippen LogP contribution < -0.4 is 0 Å². The highest BCUT2D eigenvalue weighted by molar-refractivity contribution is 7.00. The number of nitrogens with zero attached hydrogens (tertiary/aromatic N) is 4. The molecule has 0 radical (unpaired) electrons. The van der Waals surface area contributed by atoms with Crippen molar-refractivity contribution in [3.8, 4) is 12.1 Å². The van der Waals surface area contributed by atoms with Crippen LogP contribution in [0.1, 0.15) is 34.7 Å². The fraction of sp³-hybridized carbons (Fsp3) is 0.192. The fourth-order valence-corrected chi connectivity index (χ4v) is 4.49. The molecule has 0 aliphatic rings. The highest BCUT2D eigenvalue weighted by atomic mass is 32.1. The second-order valence-electron chi connectivity index (χ2n) is 7.74. The van der Waals surface area contributed by atoms with Crippen molar-refractivity contribution < 1.29 is 9.53 Å². The van der Waals surface area contributed by atoms with E-state index in [0.29, 0.717) is 24.0 Å². The van der Waals surface area contributed by atoms with Crippen molar-refractivity contribution in [2.75, 3.05) is 6.61 Å². The molecule has 0 bridgehead atoms. The summed E-state index contributed by atoms with van der Waals surface area (Å²) in [5.74, 6) is -0.332. The van der Waals surface area contributed by atoms with Gasteiger partial charge in [0.2, 0.25) is 0 Å². The van der Waals surface area contributed by atoms with Crippen molar-refractivity contribution in [3.63, 3.8) is 0 Å². The molecule has 0 spiro atoms. The molecule has 4 aromatic rings. The number of hydrogen-bond donors (Lipinski definition) is 0. The molecule has 0 aliphatic heterocycles. The van der Waals surface area contributed by atoms with Crippen LogP contribution in [0.2, 0.25) is 0 Å². The first kappa shape index (κ1) is 22.1. The maximum absolute atomic E-state index is 13.6. The number of aromatic nitrogens is 2. The lowest BCUT2D eigenvalue weighted by Gasteiger charge is -2.32. The van der Waals surface area contributed by atoms with Gasteiger partial charge in [0.15, 0.2) is 0 Å². The SMILES string of the molecule is CCOC(=O)C(Cc1ccc(C#N)cc1)(Cc1ccc(C#N)cc1)c1ccc2nsnc2c1. The largest absolute Gasteiger partial charge is 0.465 e. The Bertz CT molecular complexity index is 1300. The van der Waals surface area contributed by atoms with Crippen LogP contribution in [0.5, 0.6) is 0 Å². The summed E-state index contributed by atoms with van der Waals surface area (Å²) >= 11 is 1.13. The normalized spacial score (nSPS) is 11.0. The Kier molecular flexibility index (Phi) is 6.44. The van der Waals surface area contributed by atoms with Gasteiger partial charge in [-0.05, 0) is 72.9 Å². The molecule has 0 fully saturated rings. The minimum atomic E-state index is -1.03. The van der Waals surface area contributed by atoms with E-state index >= 15 is 0 Å². The van der Waals surface area contributed by atoms with E-state index in [2.05, 4.69) is 20.9 Å². The van der Waals surface area contributed by atoms with Crippen LogP contribution in [0.15, 0.2) is 66.7 Å². The third kappa shape index (κ3) is 4.59. The smallest absolute Gasteiger partial charge is 0.317 e. The Morgan fingerprint density at radius 3 is 1.94 bits per heavy atom. The van der Waals surface area contributed by atoms with E-state index in [0.717, 1.165) is 39.5 Å². The Labute approximate surface area is 196 Å². The first-order valence-corrected chi connectivity index (χ1v) is 11.2. The van der Waals surface area contributed by atoms with Crippen LogP contribution in [0.3, 0.4) is 0 Å². The van der Waals surface area contributed by atoms with Gasteiger partial charge in [0, 0.05) is 0 Å². The topological polar surface area (TPSA) is 99.7 Å². The number of benzene rings is 3. The number of esters is 1.